The van der Waals surface area contributed by atoms with E-state index in [1.165, 1.54) is 13.0 Å². The molecule has 1 aromatic carbocycles. The molecule has 0 fully saturated rings. The van der Waals surface area contributed by atoms with Crippen LogP contribution in [0.4, 0.5) is 19.1 Å². The van der Waals surface area contributed by atoms with Crippen molar-refractivity contribution in [2.75, 3.05) is 11.9 Å². The van der Waals surface area contributed by atoms with Crippen molar-refractivity contribution in [1.29, 1.82) is 0 Å². The van der Waals surface area contributed by atoms with E-state index in [4.69, 9.17) is 11.6 Å². The molecule has 0 atom stereocenters. The zero-order valence-corrected chi connectivity index (χ0v) is 12.6. The molecule has 0 bridgehead atoms. The molecule has 10 heteroatoms. The Balaban J connectivity index is 2.04. The number of phenols is 1. The number of benzene rings is 1. The number of phenolic OH excluding ortho intramolecular Hbond substituents is 1. The molecular formula is C13H12ClF3N4O2. The summed E-state index contributed by atoms with van der Waals surface area (Å²) < 4.78 is 40.9. The van der Waals surface area contributed by atoms with E-state index in [9.17, 15) is 18.3 Å². The largest absolute Gasteiger partial charge is 0.506 e. The number of anilines is 1. The predicted molar refractivity (Wildman–Crippen MR) is 76.6 cm³/mol. The monoisotopic (exact) mass is 348 g/mol. The summed E-state index contributed by atoms with van der Waals surface area (Å²) in [6.07, 6.45) is -4.48. The molecule has 0 amide bonds. The minimum Gasteiger partial charge on any atom is -0.506 e. The summed E-state index contributed by atoms with van der Waals surface area (Å²) in [7, 11) is 0. The molecule has 0 radical (unpaired) electrons. The fourth-order valence-electron chi connectivity index (χ4n) is 1.59. The molecule has 2 N–H and O–H groups in total. The number of alkyl halides is 3. The maximum absolute atomic E-state index is 12.1. The normalized spacial score (nSPS) is 11.3. The van der Waals surface area contributed by atoms with Gasteiger partial charge in [0.05, 0.1) is 5.02 Å². The number of hydrogen-bond acceptors (Lipinski definition) is 6. The number of rotatable bonds is 5. The van der Waals surface area contributed by atoms with Crippen molar-refractivity contribution in [3.05, 3.63) is 34.6 Å². The van der Waals surface area contributed by atoms with E-state index in [2.05, 4.69) is 25.0 Å². The van der Waals surface area contributed by atoms with Gasteiger partial charge in [-0.05, 0) is 24.6 Å². The van der Waals surface area contributed by atoms with Gasteiger partial charge in [-0.15, -0.1) is 0 Å². The second-order valence-corrected chi connectivity index (χ2v) is 4.94. The van der Waals surface area contributed by atoms with Crippen molar-refractivity contribution in [3.63, 3.8) is 0 Å². The van der Waals surface area contributed by atoms with Gasteiger partial charge in [-0.3, -0.25) is 0 Å². The van der Waals surface area contributed by atoms with E-state index >= 15 is 0 Å². The maximum Gasteiger partial charge on any atom is 0.422 e. The van der Waals surface area contributed by atoms with Gasteiger partial charge in [0.15, 0.2) is 6.61 Å². The molecule has 0 aliphatic heterocycles. The Morgan fingerprint density at radius 1 is 1.26 bits per heavy atom. The molecule has 0 unspecified atom stereocenters. The van der Waals surface area contributed by atoms with Crippen LogP contribution in [0.15, 0.2) is 18.2 Å². The Bertz CT molecular complexity index is 697. The van der Waals surface area contributed by atoms with Gasteiger partial charge in [0.25, 0.3) is 0 Å². The molecule has 2 rings (SSSR count). The van der Waals surface area contributed by atoms with Gasteiger partial charge in [-0.2, -0.15) is 28.1 Å². The summed E-state index contributed by atoms with van der Waals surface area (Å²) in [6, 6.07) is 4.18. The minimum atomic E-state index is -4.48. The average Bonchev–Trinajstić information content (AvgIpc) is 2.45. The summed E-state index contributed by atoms with van der Waals surface area (Å²) in [5.74, 6) is 0.233. The zero-order valence-electron chi connectivity index (χ0n) is 11.9. The first kappa shape index (κ1) is 17.1. The number of nitrogens with zero attached hydrogens (tertiary/aromatic N) is 3. The summed E-state index contributed by atoms with van der Waals surface area (Å²) in [5.41, 5.74) is 0.726. The van der Waals surface area contributed by atoms with Crippen LogP contribution in [0.2, 0.25) is 5.02 Å². The van der Waals surface area contributed by atoms with Gasteiger partial charge >= 0.3 is 12.2 Å². The SMILES string of the molecule is Cc1nc(NCc2ccc(O)c(Cl)c2)nc(OCC(F)(F)F)n1. The summed E-state index contributed by atoms with van der Waals surface area (Å²) in [4.78, 5) is 11.4. The van der Waals surface area contributed by atoms with Gasteiger partial charge in [0, 0.05) is 6.54 Å². The van der Waals surface area contributed by atoms with Crippen LogP contribution in [0.5, 0.6) is 11.8 Å². The molecule has 23 heavy (non-hydrogen) atoms. The van der Waals surface area contributed by atoms with Crippen LogP contribution in [0.1, 0.15) is 11.4 Å². The van der Waals surface area contributed by atoms with Crippen LogP contribution in [-0.2, 0) is 6.54 Å². The van der Waals surface area contributed by atoms with E-state index in [0.717, 1.165) is 5.56 Å². The van der Waals surface area contributed by atoms with Crippen LogP contribution < -0.4 is 10.1 Å². The van der Waals surface area contributed by atoms with E-state index in [0.29, 0.717) is 0 Å². The molecule has 124 valence electrons. The van der Waals surface area contributed by atoms with E-state index in [1.807, 2.05) is 0 Å². The molecule has 0 saturated carbocycles. The first-order valence-electron chi connectivity index (χ1n) is 6.36. The van der Waals surface area contributed by atoms with Crippen LogP contribution in [0.3, 0.4) is 0 Å². The van der Waals surface area contributed by atoms with Crippen molar-refractivity contribution in [1.82, 2.24) is 15.0 Å². The van der Waals surface area contributed by atoms with E-state index < -0.39 is 18.8 Å². The van der Waals surface area contributed by atoms with Gasteiger partial charge in [0.1, 0.15) is 11.6 Å². The second-order valence-electron chi connectivity index (χ2n) is 4.53. The lowest BCUT2D eigenvalue weighted by atomic mass is 10.2. The highest BCUT2D eigenvalue weighted by Gasteiger charge is 2.29. The average molecular weight is 349 g/mol. The number of nitrogens with one attached hydrogen (secondary N) is 1. The Labute approximate surface area is 134 Å². The van der Waals surface area contributed by atoms with Crippen molar-refractivity contribution < 1.29 is 23.0 Å². The standard InChI is InChI=1S/C13H12ClF3N4O2/c1-7-19-11(21-12(20-7)23-6-13(15,16)17)18-5-8-2-3-10(22)9(14)4-8/h2-4,22H,5-6H2,1H3,(H,18,19,20,21). The lowest BCUT2D eigenvalue weighted by Crippen LogP contribution is -2.20. The highest BCUT2D eigenvalue weighted by molar-refractivity contribution is 6.32. The fourth-order valence-corrected chi connectivity index (χ4v) is 1.79. The third-order valence-corrected chi connectivity index (χ3v) is 2.86. The molecule has 6 nitrogen and oxygen atoms in total. The highest BCUT2D eigenvalue weighted by atomic mass is 35.5. The molecule has 1 heterocycles. The third kappa shape index (κ3) is 5.44. The van der Waals surface area contributed by atoms with Crippen LogP contribution in [0.25, 0.3) is 0 Å². The van der Waals surface area contributed by atoms with Crippen LogP contribution in [0, 0.1) is 6.92 Å². The van der Waals surface area contributed by atoms with Crippen LogP contribution >= 0.6 is 11.6 Å². The smallest absolute Gasteiger partial charge is 0.422 e. The van der Waals surface area contributed by atoms with Crippen molar-refractivity contribution in [2.24, 2.45) is 0 Å². The van der Waals surface area contributed by atoms with Crippen molar-refractivity contribution in [2.45, 2.75) is 19.6 Å². The molecule has 1 aromatic heterocycles. The van der Waals surface area contributed by atoms with E-state index in [1.54, 1.807) is 12.1 Å². The number of hydrogen-bond donors (Lipinski definition) is 2. The Hall–Kier alpha value is -2.29. The number of aryl methyl sites for hydroxylation is 1. The first-order valence-corrected chi connectivity index (χ1v) is 6.74. The van der Waals surface area contributed by atoms with E-state index in [-0.39, 0.29) is 29.1 Å². The number of aromatic hydroxyl groups is 1. The Morgan fingerprint density at radius 2 is 2.00 bits per heavy atom. The number of aromatic nitrogens is 3. The Morgan fingerprint density at radius 3 is 2.65 bits per heavy atom. The quantitative estimate of drug-likeness (QED) is 0.864. The molecule has 0 saturated heterocycles. The topological polar surface area (TPSA) is 80.2 Å². The first-order chi connectivity index (χ1) is 10.7. The summed E-state index contributed by atoms with van der Waals surface area (Å²) >= 11 is 5.78. The molecule has 0 aliphatic rings. The van der Waals surface area contributed by atoms with Crippen molar-refractivity contribution in [3.8, 4) is 11.8 Å². The lowest BCUT2D eigenvalue weighted by molar-refractivity contribution is -0.154. The van der Waals surface area contributed by atoms with Gasteiger partial charge in [0.2, 0.25) is 5.95 Å². The third-order valence-electron chi connectivity index (χ3n) is 2.55. The van der Waals surface area contributed by atoms with Gasteiger partial charge < -0.3 is 15.2 Å². The zero-order chi connectivity index (χ0) is 17.0. The fraction of sp³-hybridized carbons (Fsp3) is 0.308. The summed E-state index contributed by atoms with van der Waals surface area (Å²) in [6.45, 7) is 0.274. The van der Waals surface area contributed by atoms with Crippen LogP contribution in [-0.4, -0.2) is 32.8 Å². The molecule has 0 aliphatic carbocycles. The lowest BCUT2D eigenvalue weighted by Gasteiger charge is -2.10. The Kier molecular flexibility index (Phi) is 5.09. The van der Waals surface area contributed by atoms with Gasteiger partial charge in [-0.25, -0.2) is 0 Å². The number of ether oxygens (including phenoxy) is 1. The summed E-state index contributed by atoms with van der Waals surface area (Å²) in [5, 5.41) is 12.3. The molecular weight excluding hydrogens is 337 g/mol. The maximum atomic E-state index is 12.1. The predicted octanol–water partition coefficient (Wildman–Crippen LogP) is 3.09. The number of halogens is 4. The van der Waals surface area contributed by atoms with Gasteiger partial charge in [-0.1, -0.05) is 17.7 Å². The minimum absolute atomic E-state index is 0.0470. The molecule has 0 spiro atoms. The van der Waals surface area contributed by atoms with Crippen molar-refractivity contribution >= 4 is 17.5 Å². The molecule has 2 aromatic rings. The highest BCUT2D eigenvalue weighted by Crippen LogP contribution is 2.24. The second kappa shape index (κ2) is 6.86.